The van der Waals surface area contributed by atoms with Crippen LogP contribution in [0.4, 0.5) is 0 Å². The van der Waals surface area contributed by atoms with E-state index in [-0.39, 0.29) is 12.3 Å². The molecular formula is C21H25ClN2O3S. The predicted molar refractivity (Wildman–Crippen MR) is 111 cm³/mol. The summed E-state index contributed by atoms with van der Waals surface area (Å²) in [5.41, 5.74) is 2.14. The SMILES string of the molecule is O=C(Cc1cc(Cl)c2c(c1)OCCCO2)NCCCc1nc2c(s1)CCCC2. The minimum absolute atomic E-state index is 0.0102. The molecule has 1 N–H and O–H groups in total. The molecule has 0 saturated heterocycles. The van der Waals surface area contributed by atoms with Crippen LogP contribution in [0, 0.1) is 0 Å². The number of thiazole rings is 1. The fourth-order valence-electron chi connectivity index (χ4n) is 3.61. The molecule has 0 spiro atoms. The number of nitrogens with zero attached hydrogens (tertiary/aromatic N) is 1. The number of ether oxygens (including phenoxy) is 2. The molecule has 1 aliphatic carbocycles. The van der Waals surface area contributed by atoms with Gasteiger partial charge in [-0.1, -0.05) is 11.6 Å². The van der Waals surface area contributed by atoms with E-state index in [4.69, 9.17) is 26.1 Å². The second kappa shape index (κ2) is 9.14. The van der Waals surface area contributed by atoms with E-state index < -0.39 is 0 Å². The number of rotatable bonds is 6. The number of nitrogens with one attached hydrogen (secondary N) is 1. The Bertz CT molecular complexity index is 829. The molecule has 1 aromatic carbocycles. The van der Waals surface area contributed by atoms with Crippen LogP contribution < -0.4 is 14.8 Å². The number of halogens is 1. The maximum atomic E-state index is 12.3. The van der Waals surface area contributed by atoms with Gasteiger partial charge in [-0.3, -0.25) is 4.79 Å². The molecule has 7 heteroatoms. The molecular weight excluding hydrogens is 396 g/mol. The van der Waals surface area contributed by atoms with Crippen LogP contribution in [0.15, 0.2) is 12.1 Å². The minimum Gasteiger partial charge on any atom is -0.489 e. The summed E-state index contributed by atoms with van der Waals surface area (Å²) < 4.78 is 11.3. The molecule has 2 aromatic rings. The number of amides is 1. The quantitative estimate of drug-likeness (QED) is 0.714. The summed E-state index contributed by atoms with van der Waals surface area (Å²) in [4.78, 5) is 18.5. The van der Waals surface area contributed by atoms with Gasteiger partial charge < -0.3 is 14.8 Å². The van der Waals surface area contributed by atoms with Crippen molar-refractivity contribution in [2.45, 2.75) is 51.4 Å². The fraction of sp³-hybridized carbons (Fsp3) is 0.524. The van der Waals surface area contributed by atoms with E-state index in [0.717, 1.165) is 31.2 Å². The number of carbonyl (C=O) groups is 1. The van der Waals surface area contributed by atoms with Gasteiger partial charge in [0.1, 0.15) is 0 Å². The molecule has 0 fully saturated rings. The highest BCUT2D eigenvalue weighted by molar-refractivity contribution is 7.11. The van der Waals surface area contributed by atoms with Crippen LogP contribution in [0.2, 0.25) is 5.02 Å². The molecule has 28 heavy (non-hydrogen) atoms. The van der Waals surface area contributed by atoms with Crippen LogP contribution in [-0.2, 0) is 30.5 Å². The third-order valence-corrected chi connectivity index (χ3v) is 6.50. The molecule has 4 rings (SSSR count). The van der Waals surface area contributed by atoms with Gasteiger partial charge in [0.15, 0.2) is 11.5 Å². The highest BCUT2D eigenvalue weighted by atomic mass is 35.5. The van der Waals surface area contributed by atoms with Gasteiger partial charge in [0.25, 0.3) is 0 Å². The lowest BCUT2D eigenvalue weighted by atomic mass is 10.0. The van der Waals surface area contributed by atoms with Crippen molar-refractivity contribution in [1.29, 1.82) is 0 Å². The molecule has 150 valence electrons. The van der Waals surface area contributed by atoms with E-state index in [1.807, 2.05) is 17.4 Å². The fourth-order valence-corrected chi connectivity index (χ4v) is 5.10. The zero-order valence-electron chi connectivity index (χ0n) is 15.9. The number of aryl methyl sites for hydroxylation is 3. The maximum Gasteiger partial charge on any atom is 0.224 e. The monoisotopic (exact) mass is 420 g/mol. The van der Waals surface area contributed by atoms with Crippen molar-refractivity contribution in [3.63, 3.8) is 0 Å². The molecule has 1 aromatic heterocycles. The van der Waals surface area contributed by atoms with Crippen LogP contribution in [-0.4, -0.2) is 30.6 Å². The first kappa shape index (κ1) is 19.5. The van der Waals surface area contributed by atoms with Gasteiger partial charge >= 0.3 is 0 Å². The van der Waals surface area contributed by atoms with E-state index in [1.54, 1.807) is 6.07 Å². The first-order chi connectivity index (χ1) is 13.7. The van der Waals surface area contributed by atoms with Crippen molar-refractivity contribution < 1.29 is 14.3 Å². The van der Waals surface area contributed by atoms with Crippen LogP contribution in [0.5, 0.6) is 11.5 Å². The van der Waals surface area contributed by atoms with Crippen LogP contribution in [0.3, 0.4) is 0 Å². The Balaban J connectivity index is 1.25. The minimum atomic E-state index is -0.0102. The van der Waals surface area contributed by atoms with Gasteiger partial charge in [-0.15, -0.1) is 11.3 Å². The van der Waals surface area contributed by atoms with Crippen molar-refractivity contribution in [3.8, 4) is 11.5 Å². The number of hydrogen-bond donors (Lipinski definition) is 1. The van der Waals surface area contributed by atoms with Crippen molar-refractivity contribution in [2.75, 3.05) is 19.8 Å². The van der Waals surface area contributed by atoms with Crippen LogP contribution >= 0.6 is 22.9 Å². The summed E-state index contributed by atoms with van der Waals surface area (Å²) in [5.74, 6) is 1.19. The Labute approximate surface area is 174 Å². The molecule has 0 radical (unpaired) electrons. The Morgan fingerprint density at radius 1 is 1.18 bits per heavy atom. The smallest absolute Gasteiger partial charge is 0.224 e. The lowest BCUT2D eigenvalue weighted by molar-refractivity contribution is -0.120. The summed E-state index contributed by atoms with van der Waals surface area (Å²) in [5, 5.41) is 4.70. The van der Waals surface area contributed by atoms with Gasteiger partial charge in [0, 0.05) is 24.3 Å². The van der Waals surface area contributed by atoms with E-state index in [2.05, 4.69) is 5.32 Å². The van der Waals surface area contributed by atoms with Crippen molar-refractivity contribution in [1.82, 2.24) is 10.3 Å². The molecule has 1 amide bonds. The highest BCUT2D eigenvalue weighted by Gasteiger charge is 2.17. The number of carbonyl (C=O) groups excluding carboxylic acids is 1. The van der Waals surface area contributed by atoms with E-state index >= 15 is 0 Å². The Morgan fingerprint density at radius 2 is 2.04 bits per heavy atom. The topological polar surface area (TPSA) is 60.5 Å². The van der Waals surface area contributed by atoms with Crippen LogP contribution in [0.25, 0.3) is 0 Å². The second-order valence-electron chi connectivity index (χ2n) is 7.27. The normalized spacial score (nSPS) is 15.6. The summed E-state index contributed by atoms with van der Waals surface area (Å²) in [6.07, 6.45) is 7.78. The summed E-state index contributed by atoms with van der Waals surface area (Å²) in [7, 11) is 0. The molecule has 0 bridgehead atoms. The Hall–Kier alpha value is -1.79. The number of benzene rings is 1. The zero-order chi connectivity index (χ0) is 19.3. The van der Waals surface area contributed by atoms with Gasteiger partial charge in [-0.2, -0.15) is 0 Å². The third-order valence-electron chi connectivity index (χ3n) is 5.01. The lowest BCUT2D eigenvalue weighted by Crippen LogP contribution is -2.26. The first-order valence-corrected chi connectivity index (χ1v) is 11.2. The Kier molecular flexibility index (Phi) is 6.37. The molecule has 0 atom stereocenters. The lowest BCUT2D eigenvalue weighted by Gasteiger charge is -2.11. The average Bonchev–Trinajstić information content (AvgIpc) is 2.94. The van der Waals surface area contributed by atoms with E-state index in [9.17, 15) is 4.79 Å². The van der Waals surface area contributed by atoms with Gasteiger partial charge in [-0.25, -0.2) is 4.98 Å². The van der Waals surface area contributed by atoms with Crippen molar-refractivity contribution in [2.24, 2.45) is 0 Å². The first-order valence-electron chi connectivity index (χ1n) is 10.0. The predicted octanol–water partition coefficient (Wildman–Crippen LogP) is 4.13. The van der Waals surface area contributed by atoms with Crippen LogP contribution in [0.1, 0.15) is 46.8 Å². The third kappa shape index (κ3) is 4.78. The maximum absolute atomic E-state index is 12.3. The molecule has 1 aliphatic heterocycles. The van der Waals surface area contributed by atoms with Crippen molar-refractivity contribution >= 4 is 28.8 Å². The summed E-state index contributed by atoms with van der Waals surface area (Å²) >= 11 is 8.15. The molecule has 2 aliphatic rings. The summed E-state index contributed by atoms with van der Waals surface area (Å²) in [6, 6.07) is 3.64. The van der Waals surface area contributed by atoms with Gasteiger partial charge in [-0.05, 0) is 49.8 Å². The van der Waals surface area contributed by atoms with Gasteiger partial charge in [0.05, 0.1) is 35.4 Å². The molecule has 0 unspecified atom stereocenters. The molecule has 5 nitrogen and oxygen atoms in total. The molecule has 2 heterocycles. The molecule has 0 saturated carbocycles. The van der Waals surface area contributed by atoms with Gasteiger partial charge in [0.2, 0.25) is 5.91 Å². The largest absolute Gasteiger partial charge is 0.489 e. The van der Waals surface area contributed by atoms with E-state index in [0.29, 0.717) is 36.3 Å². The second-order valence-corrected chi connectivity index (χ2v) is 8.85. The number of aromatic nitrogens is 1. The summed E-state index contributed by atoms with van der Waals surface area (Å²) in [6.45, 7) is 1.84. The van der Waals surface area contributed by atoms with Crippen molar-refractivity contribution in [3.05, 3.63) is 38.3 Å². The Morgan fingerprint density at radius 3 is 2.93 bits per heavy atom. The standard InChI is InChI=1S/C21H25ClN2O3S/c22-15-11-14(12-17-21(15)27-10-4-9-26-17)13-19(25)23-8-3-7-20-24-16-5-1-2-6-18(16)28-20/h11-12H,1-10,13H2,(H,23,25). The van der Waals surface area contributed by atoms with E-state index in [1.165, 1.54) is 34.8 Å². The highest BCUT2D eigenvalue weighted by Crippen LogP contribution is 2.38. The number of fused-ring (bicyclic) bond motifs is 2. The zero-order valence-corrected chi connectivity index (χ0v) is 17.5. The average molecular weight is 421 g/mol. The number of hydrogen-bond acceptors (Lipinski definition) is 5.